The van der Waals surface area contributed by atoms with Crippen LogP contribution in [0.1, 0.15) is 0 Å². The van der Waals surface area contributed by atoms with Crippen molar-refractivity contribution in [1.82, 2.24) is 20.2 Å². The molecule has 0 radical (unpaired) electrons. The van der Waals surface area contributed by atoms with Crippen molar-refractivity contribution < 1.29 is 0 Å². The van der Waals surface area contributed by atoms with E-state index >= 15 is 0 Å². The van der Waals surface area contributed by atoms with Gasteiger partial charge in [0.05, 0.1) is 18.4 Å². The molecule has 0 spiro atoms. The summed E-state index contributed by atoms with van der Waals surface area (Å²) in [6.07, 6.45) is 5.38. The summed E-state index contributed by atoms with van der Waals surface area (Å²) in [5.41, 5.74) is 4.40. The first-order chi connectivity index (χ1) is 7.45. The third-order valence-corrected chi connectivity index (χ3v) is 2.44. The minimum Gasteiger partial charge on any atom is -0.265 e. The molecule has 5 nitrogen and oxygen atoms in total. The number of hydrogen-bond acceptors (Lipinski definition) is 4. The maximum Gasteiger partial charge on any atom is 0.145 e. The maximum absolute atomic E-state index is 4.25. The Labute approximate surface area is 112 Å². The fraction of sp³-hybridized carbons (Fsp3) is 0.200. The lowest BCUT2D eigenvalue weighted by molar-refractivity contribution is 0.507. The quantitative estimate of drug-likeness (QED) is 0.861. The Bertz CT molecular complexity index is 459. The Morgan fingerprint density at radius 2 is 1.82 bits per heavy atom. The number of halogens is 2. The Morgan fingerprint density at radius 1 is 1.06 bits per heavy atom. The predicted molar refractivity (Wildman–Crippen MR) is 71.1 cm³/mol. The molecular weight excluding hydrogens is 261 g/mol. The van der Waals surface area contributed by atoms with Crippen LogP contribution in [0, 0.1) is 0 Å². The fourth-order valence-electron chi connectivity index (χ4n) is 1.75. The van der Waals surface area contributed by atoms with E-state index < -0.39 is 0 Å². The minimum atomic E-state index is 0. The lowest BCUT2D eigenvalue weighted by Crippen LogP contribution is -2.42. The van der Waals surface area contributed by atoms with Gasteiger partial charge in [-0.2, -0.15) is 5.10 Å². The lowest BCUT2D eigenvalue weighted by Gasteiger charge is -2.29. The van der Waals surface area contributed by atoms with E-state index in [4.69, 9.17) is 0 Å². The molecule has 0 saturated heterocycles. The maximum atomic E-state index is 4.25. The van der Waals surface area contributed by atoms with Crippen LogP contribution in [0.15, 0.2) is 36.8 Å². The summed E-state index contributed by atoms with van der Waals surface area (Å²) in [5, 5.41) is 6.28. The molecule has 3 rings (SSSR count). The third-order valence-electron chi connectivity index (χ3n) is 2.44. The molecule has 1 aliphatic rings. The highest BCUT2D eigenvalue weighted by atomic mass is 35.5. The largest absolute Gasteiger partial charge is 0.265 e. The number of rotatable bonds is 1. The number of aromatic nitrogens is 3. The molecule has 1 aliphatic heterocycles. The molecule has 0 amide bonds. The molecule has 17 heavy (non-hydrogen) atoms. The summed E-state index contributed by atoms with van der Waals surface area (Å²) in [6, 6.07) is 5.93. The average Bonchev–Trinajstić information content (AvgIpc) is 2.78. The summed E-state index contributed by atoms with van der Waals surface area (Å²) >= 11 is 0. The Morgan fingerprint density at radius 3 is 2.59 bits per heavy atom. The first-order valence-electron chi connectivity index (χ1n) is 4.90. The molecule has 2 aromatic rings. The monoisotopic (exact) mass is 273 g/mol. The van der Waals surface area contributed by atoms with Gasteiger partial charge in [-0.05, 0) is 12.1 Å². The number of pyridine rings is 1. The summed E-state index contributed by atoms with van der Waals surface area (Å²) in [7, 11) is 0. The van der Waals surface area contributed by atoms with E-state index in [1.165, 1.54) is 0 Å². The zero-order valence-corrected chi connectivity index (χ0v) is 10.6. The van der Waals surface area contributed by atoms with E-state index in [0.717, 1.165) is 24.6 Å². The number of hydrazine groups is 1. The highest BCUT2D eigenvalue weighted by Gasteiger charge is 2.17. The normalized spacial score (nSPS) is 13.3. The van der Waals surface area contributed by atoms with Crippen molar-refractivity contribution in [2.75, 3.05) is 11.6 Å². The topological polar surface area (TPSA) is 46.0 Å². The van der Waals surface area contributed by atoms with Crippen LogP contribution >= 0.6 is 24.8 Å². The summed E-state index contributed by atoms with van der Waals surface area (Å²) in [4.78, 5) is 4.01. The standard InChI is InChI=1S/C10H11N5.2ClH/c1-4-11-5-2-9(1)15-10-3-6-12-14(10)8-7-13-15;;/h1-6,13H,7-8H2;2*1H. The van der Waals surface area contributed by atoms with Crippen molar-refractivity contribution in [2.45, 2.75) is 6.54 Å². The Balaban J connectivity index is 0.000000722. The molecule has 7 heteroatoms. The minimum absolute atomic E-state index is 0. The van der Waals surface area contributed by atoms with Crippen molar-refractivity contribution in [3.05, 3.63) is 36.8 Å². The number of nitrogens with zero attached hydrogens (tertiary/aromatic N) is 4. The van der Waals surface area contributed by atoms with Gasteiger partial charge in [0, 0.05) is 25.0 Å². The molecule has 0 aromatic carbocycles. The van der Waals surface area contributed by atoms with Crippen molar-refractivity contribution in [2.24, 2.45) is 0 Å². The molecule has 0 atom stereocenters. The SMILES string of the molecule is Cl.Cl.c1cc(N2NCCn3nccc32)ccn1. The third kappa shape index (κ3) is 2.52. The number of anilines is 2. The second-order valence-electron chi connectivity index (χ2n) is 3.36. The van der Waals surface area contributed by atoms with Gasteiger partial charge in [-0.3, -0.25) is 9.99 Å². The van der Waals surface area contributed by atoms with Crippen LogP contribution in [0.25, 0.3) is 0 Å². The number of hydrogen-bond donors (Lipinski definition) is 1. The van der Waals surface area contributed by atoms with Crippen LogP contribution in [0.5, 0.6) is 0 Å². The highest BCUT2D eigenvalue weighted by Crippen LogP contribution is 2.23. The highest BCUT2D eigenvalue weighted by molar-refractivity contribution is 5.85. The van der Waals surface area contributed by atoms with Gasteiger partial charge in [0.25, 0.3) is 0 Å². The Kier molecular flexibility index (Phi) is 4.74. The smallest absolute Gasteiger partial charge is 0.145 e. The van der Waals surface area contributed by atoms with Crippen molar-refractivity contribution in [3.63, 3.8) is 0 Å². The second-order valence-corrected chi connectivity index (χ2v) is 3.36. The molecular formula is C10H13Cl2N5. The zero-order valence-electron chi connectivity index (χ0n) is 8.98. The van der Waals surface area contributed by atoms with Crippen LogP contribution in [0.4, 0.5) is 11.5 Å². The fourth-order valence-corrected chi connectivity index (χ4v) is 1.75. The van der Waals surface area contributed by atoms with Gasteiger partial charge >= 0.3 is 0 Å². The first kappa shape index (κ1) is 13.8. The molecule has 0 saturated carbocycles. The van der Waals surface area contributed by atoms with Gasteiger partial charge in [0.15, 0.2) is 0 Å². The summed E-state index contributed by atoms with van der Waals surface area (Å²) in [5.74, 6) is 1.06. The molecule has 0 bridgehead atoms. The Hall–Kier alpha value is -1.30. The predicted octanol–water partition coefficient (Wildman–Crippen LogP) is 1.78. The van der Waals surface area contributed by atoms with E-state index in [1.54, 1.807) is 12.4 Å². The molecule has 2 aromatic heterocycles. The van der Waals surface area contributed by atoms with Gasteiger partial charge in [0.1, 0.15) is 5.82 Å². The first-order valence-corrected chi connectivity index (χ1v) is 4.90. The van der Waals surface area contributed by atoms with E-state index in [1.807, 2.05) is 34.1 Å². The van der Waals surface area contributed by atoms with Gasteiger partial charge < -0.3 is 0 Å². The molecule has 3 heterocycles. The molecule has 0 unspecified atom stereocenters. The molecule has 1 N–H and O–H groups in total. The van der Waals surface area contributed by atoms with Crippen LogP contribution in [-0.4, -0.2) is 21.3 Å². The lowest BCUT2D eigenvalue weighted by atomic mass is 10.3. The van der Waals surface area contributed by atoms with Gasteiger partial charge in [0.2, 0.25) is 0 Å². The second kappa shape index (κ2) is 5.86. The average molecular weight is 274 g/mol. The summed E-state index contributed by atoms with van der Waals surface area (Å²) < 4.78 is 1.98. The van der Waals surface area contributed by atoms with Crippen molar-refractivity contribution in [1.29, 1.82) is 0 Å². The van der Waals surface area contributed by atoms with E-state index in [2.05, 4.69) is 15.5 Å². The van der Waals surface area contributed by atoms with Crippen LogP contribution in [-0.2, 0) is 6.54 Å². The van der Waals surface area contributed by atoms with Gasteiger partial charge in [-0.1, -0.05) is 0 Å². The zero-order chi connectivity index (χ0) is 10.1. The summed E-state index contributed by atoms with van der Waals surface area (Å²) in [6.45, 7) is 1.79. The molecule has 0 fully saturated rings. The van der Waals surface area contributed by atoms with Crippen molar-refractivity contribution in [3.8, 4) is 0 Å². The van der Waals surface area contributed by atoms with E-state index in [0.29, 0.717) is 0 Å². The van der Waals surface area contributed by atoms with Gasteiger partial charge in [-0.25, -0.2) is 10.1 Å². The van der Waals surface area contributed by atoms with Crippen LogP contribution in [0.2, 0.25) is 0 Å². The number of fused-ring (bicyclic) bond motifs is 1. The van der Waals surface area contributed by atoms with Crippen LogP contribution < -0.4 is 10.4 Å². The van der Waals surface area contributed by atoms with Crippen molar-refractivity contribution >= 4 is 36.3 Å². The molecule has 92 valence electrons. The number of nitrogens with one attached hydrogen (secondary N) is 1. The molecule has 0 aliphatic carbocycles. The van der Waals surface area contributed by atoms with Crippen LogP contribution in [0.3, 0.4) is 0 Å². The van der Waals surface area contributed by atoms with E-state index in [-0.39, 0.29) is 24.8 Å². The van der Waals surface area contributed by atoms with E-state index in [9.17, 15) is 0 Å². The van der Waals surface area contributed by atoms with Gasteiger partial charge in [-0.15, -0.1) is 24.8 Å².